The van der Waals surface area contributed by atoms with Crippen molar-refractivity contribution in [3.8, 4) is 0 Å². The lowest BCUT2D eigenvalue weighted by atomic mass is 10.0. The third-order valence-corrected chi connectivity index (χ3v) is 7.74. The number of rotatable bonds is 3. The van der Waals surface area contributed by atoms with Crippen LogP contribution < -0.4 is 4.90 Å². The summed E-state index contributed by atoms with van der Waals surface area (Å²) in [4.78, 5) is 29.6. The van der Waals surface area contributed by atoms with E-state index in [1.165, 1.54) is 30.0 Å². The Morgan fingerprint density at radius 3 is 2.72 bits per heavy atom. The van der Waals surface area contributed by atoms with Crippen LogP contribution in [-0.4, -0.2) is 29.0 Å². The van der Waals surface area contributed by atoms with Gasteiger partial charge in [0.2, 0.25) is 0 Å². The van der Waals surface area contributed by atoms with Crippen LogP contribution in [0.4, 0.5) is 10.1 Å². The SMILES string of the molecule is Cc1ccc2c(c1)C1(SCCN1C(=O)c1cccc(F)c1)C(=O)N2Cc1ccccc1Cl. The molecule has 5 rings (SSSR count). The van der Waals surface area contributed by atoms with Gasteiger partial charge in [-0.15, -0.1) is 11.8 Å². The molecule has 1 unspecified atom stereocenters. The normalized spacial score (nSPS) is 19.7. The second-order valence-corrected chi connectivity index (χ2v) is 9.66. The third-order valence-electron chi connectivity index (χ3n) is 5.95. The molecule has 2 aliphatic heterocycles. The number of hydrogen-bond acceptors (Lipinski definition) is 3. The lowest BCUT2D eigenvalue weighted by Gasteiger charge is -2.33. The zero-order valence-corrected chi connectivity index (χ0v) is 18.9. The van der Waals surface area contributed by atoms with Crippen molar-refractivity contribution in [1.82, 2.24) is 4.90 Å². The summed E-state index contributed by atoms with van der Waals surface area (Å²) in [6.45, 7) is 2.67. The number of anilines is 1. The van der Waals surface area contributed by atoms with Gasteiger partial charge in [-0.25, -0.2) is 4.39 Å². The van der Waals surface area contributed by atoms with Crippen molar-refractivity contribution in [1.29, 1.82) is 0 Å². The highest BCUT2D eigenvalue weighted by atomic mass is 35.5. The summed E-state index contributed by atoms with van der Waals surface area (Å²) < 4.78 is 13.8. The van der Waals surface area contributed by atoms with Gasteiger partial charge >= 0.3 is 0 Å². The minimum atomic E-state index is -1.17. The van der Waals surface area contributed by atoms with E-state index in [0.717, 1.165) is 22.4 Å². The van der Waals surface area contributed by atoms with E-state index in [0.29, 0.717) is 23.9 Å². The van der Waals surface area contributed by atoms with Crippen LogP contribution in [0, 0.1) is 12.7 Å². The van der Waals surface area contributed by atoms with E-state index in [1.807, 2.05) is 43.3 Å². The van der Waals surface area contributed by atoms with Crippen molar-refractivity contribution in [3.63, 3.8) is 0 Å². The molecule has 0 aliphatic carbocycles. The van der Waals surface area contributed by atoms with Crippen LogP contribution in [0.25, 0.3) is 0 Å². The van der Waals surface area contributed by atoms with Gasteiger partial charge in [0.05, 0.1) is 12.2 Å². The number of thioether (sulfide) groups is 1. The van der Waals surface area contributed by atoms with Gasteiger partial charge in [-0.3, -0.25) is 9.59 Å². The molecule has 3 aromatic carbocycles. The maximum atomic E-state index is 14.0. The number of nitrogens with zero attached hydrogens (tertiary/aromatic N) is 2. The summed E-state index contributed by atoms with van der Waals surface area (Å²) in [5, 5.41) is 0.585. The molecule has 1 spiro atoms. The Hall–Kier alpha value is -2.83. The fourth-order valence-corrected chi connectivity index (χ4v) is 6.11. The molecule has 0 N–H and O–H groups in total. The van der Waals surface area contributed by atoms with Gasteiger partial charge in [-0.05, 0) is 42.8 Å². The highest BCUT2D eigenvalue weighted by Crippen LogP contribution is 2.55. The van der Waals surface area contributed by atoms with Crippen molar-refractivity contribution in [2.45, 2.75) is 18.3 Å². The van der Waals surface area contributed by atoms with Gasteiger partial charge in [-0.1, -0.05) is 53.6 Å². The average Bonchev–Trinajstić information content (AvgIpc) is 3.32. The summed E-state index contributed by atoms with van der Waals surface area (Å²) in [5.41, 5.74) is 3.63. The summed E-state index contributed by atoms with van der Waals surface area (Å²) in [7, 11) is 0. The molecule has 7 heteroatoms. The average molecular weight is 467 g/mol. The first kappa shape index (κ1) is 21.0. The highest BCUT2D eigenvalue weighted by molar-refractivity contribution is 8.01. The molecule has 1 atom stereocenters. The number of benzene rings is 3. The molecule has 2 aliphatic rings. The third kappa shape index (κ3) is 3.21. The number of hydrogen-bond donors (Lipinski definition) is 0. The Bertz CT molecular complexity index is 1250. The molecular formula is C25H20ClFN2O2S. The molecule has 32 heavy (non-hydrogen) atoms. The summed E-state index contributed by atoms with van der Waals surface area (Å²) >= 11 is 7.84. The van der Waals surface area contributed by atoms with Gasteiger partial charge < -0.3 is 9.80 Å². The van der Waals surface area contributed by atoms with Crippen LogP contribution in [0.5, 0.6) is 0 Å². The van der Waals surface area contributed by atoms with E-state index in [1.54, 1.807) is 21.9 Å². The predicted octanol–water partition coefficient (Wildman–Crippen LogP) is 5.38. The molecule has 2 heterocycles. The van der Waals surface area contributed by atoms with Crippen molar-refractivity contribution in [3.05, 3.63) is 99.8 Å². The maximum Gasteiger partial charge on any atom is 0.268 e. The van der Waals surface area contributed by atoms with E-state index in [2.05, 4.69) is 0 Å². The zero-order valence-electron chi connectivity index (χ0n) is 17.3. The van der Waals surface area contributed by atoms with Gasteiger partial charge in [0, 0.05) is 28.4 Å². The first-order valence-electron chi connectivity index (χ1n) is 10.3. The lowest BCUT2D eigenvalue weighted by molar-refractivity contribution is -0.123. The second kappa shape index (κ2) is 7.94. The molecule has 0 bridgehead atoms. The van der Waals surface area contributed by atoms with Gasteiger partial charge in [0.15, 0.2) is 4.87 Å². The maximum absolute atomic E-state index is 14.0. The standard InChI is InChI=1S/C25H20ClFN2O2S/c1-16-9-10-22-20(13-16)25(24(31)28(22)15-18-5-2-3-8-21(18)26)29(11-12-32-25)23(30)17-6-4-7-19(27)14-17/h2-10,13-14H,11-12,15H2,1H3. The molecule has 4 nitrogen and oxygen atoms in total. The van der Waals surface area contributed by atoms with Crippen molar-refractivity contribution in [2.24, 2.45) is 0 Å². The Balaban J connectivity index is 1.61. The van der Waals surface area contributed by atoms with Gasteiger partial charge in [0.1, 0.15) is 5.82 Å². The number of fused-ring (bicyclic) bond motifs is 2. The smallest absolute Gasteiger partial charge is 0.268 e. The zero-order chi connectivity index (χ0) is 22.5. The topological polar surface area (TPSA) is 40.6 Å². The van der Waals surface area contributed by atoms with Crippen molar-refractivity contribution < 1.29 is 14.0 Å². The number of carbonyl (C=O) groups excluding carboxylic acids is 2. The summed E-state index contributed by atoms with van der Waals surface area (Å²) in [6.07, 6.45) is 0. The molecule has 3 aromatic rings. The van der Waals surface area contributed by atoms with Gasteiger partial charge in [0.25, 0.3) is 11.8 Å². The Morgan fingerprint density at radius 1 is 1.12 bits per heavy atom. The molecule has 0 saturated carbocycles. The summed E-state index contributed by atoms with van der Waals surface area (Å²) in [6, 6.07) is 18.9. The molecule has 1 fully saturated rings. The van der Waals surface area contributed by atoms with Crippen LogP contribution in [0.2, 0.25) is 5.02 Å². The van der Waals surface area contributed by atoms with E-state index < -0.39 is 10.7 Å². The fourth-order valence-electron chi connectivity index (χ4n) is 4.46. The van der Waals surface area contributed by atoms with Crippen molar-refractivity contribution >= 4 is 40.9 Å². The molecule has 0 radical (unpaired) electrons. The molecule has 1 saturated heterocycles. The minimum Gasteiger partial charge on any atom is -0.311 e. The van der Waals surface area contributed by atoms with Crippen LogP contribution in [0.3, 0.4) is 0 Å². The number of amides is 2. The Labute approximate surface area is 195 Å². The number of halogens is 2. The largest absolute Gasteiger partial charge is 0.311 e. The number of aryl methyl sites for hydroxylation is 1. The highest BCUT2D eigenvalue weighted by Gasteiger charge is 2.59. The van der Waals surface area contributed by atoms with Crippen molar-refractivity contribution in [2.75, 3.05) is 17.2 Å². The molecule has 162 valence electrons. The van der Waals surface area contributed by atoms with Crippen LogP contribution in [0.1, 0.15) is 27.0 Å². The molecule has 0 aromatic heterocycles. The number of carbonyl (C=O) groups is 2. The fraction of sp³-hybridized carbons (Fsp3) is 0.200. The second-order valence-electron chi connectivity index (χ2n) is 7.96. The Kier molecular flexibility index (Phi) is 5.22. The van der Waals surface area contributed by atoms with Crippen LogP contribution in [-0.2, 0) is 16.2 Å². The first-order valence-corrected chi connectivity index (χ1v) is 11.7. The van der Waals surface area contributed by atoms with Crippen LogP contribution >= 0.6 is 23.4 Å². The van der Waals surface area contributed by atoms with E-state index in [-0.39, 0.29) is 17.4 Å². The predicted molar refractivity (Wildman–Crippen MR) is 125 cm³/mol. The van der Waals surface area contributed by atoms with E-state index in [9.17, 15) is 14.0 Å². The van der Waals surface area contributed by atoms with Crippen LogP contribution in [0.15, 0.2) is 66.7 Å². The van der Waals surface area contributed by atoms with E-state index >= 15 is 0 Å². The Morgan fingerprint density at radius 2 is 1.94 bits per heavy atom. The first-order chi connectivity index (χ1) is 15.4. The molecule has 2 amide bonds. The lowest BCUT2D eigenvalue weighted by Crippen LogP contribution is -2.50. The van der Waals surface area contributed by atoms with E-state index in [4.69, 9.17) is 11.6 Å². The monoisotopic (exact) mass is 466 g/mol. The quantitative estimate of drug-likeness (QED) is 0.520. The minimum absolute atomic E-state index is 0.176. The van der Waals surface area contributed by atoms with Gasteiger partial charge in [-0.2, -0.15) is 0 Å². The summed E-state index contributed by atoms with van der Waals surface area (Å²) in [5.74, 6) is -0.397. The molecular weight excluding hydrogens is 447 g/mol.